The summed E-state index contributed by atoms with van der Waals surface area (Å²) in [5.74, 6) is 0. The molecular formula is C5H13ClSSi. The molecule has 0 N–H and O–H groups in total. The van der Waals surface area contributed by atoms with Crippen LogP contribution in [0.2, 0.25) is 19.6 Å². The van der Waals surface area contributed by atoms with Crippen LogP contribution < -0.4 is 0 Å². The molecule has 50 valence electrons. The Hall–Kier alpha value is 0.857. The summed E-state index contributed by atoms with van der Waals surface area (Å²) in [6.45, 7) is 9.18. The van der Waals surface area contributed by atoms with Crippen molar-refractivity contribution in [1.29, 1.82) is 0 Å². The molecule has 0 saturated heterocycles. The first-order valence-corrected chi connectivity index (χ1v) is 8.04. The molecule has 0 aromatic heterocycles. The third-order valence-corrected chi connectivity index (χ3v) is 7.78. The minimum absolute atomic E-state index is 0.671. The summed E-state index contributed by atoms with van der Waals surface area (Å²) in [6.07, 6.45) is 0. The lowest BCUT2D eigenvalue weighted by atomic mass is 11.0. The van der Waals surface area contributed by atoms with E-state index < -0.39 is 8.07 Å². The van der Waals surface area contributed by atoms with Crippen molar-refractivity contribution >= 4 is 29.7 Å². The lowest BCUT2D eigenvalue weighted by molar-refractivity contribution is 1.30. The quantitative estimate of drug-likeness (QED) is 0.571. The van der Waals surface area contributed by atoms with Crippen LogP contribution in [0.25, 0.3) is 0 Å². The molecule has 0 bridgehead atoms. The largest absolute Gasteiger partial charge is 0.0686 e. The van der Waals surface area contributed by atoms with E-state index in [1.54, 1.807) is 0 Å². The van der Waals surface area contributed by atoms with Crippen molar-refractivity contribution in [3.05, 3.63) is 0 Å². The van der Waals surface area contributed by atoms with Crippen molar-refractivity contribution < 1.29 is 0 Å². The van der Waals surface area contributed by atoms with E-state index in [1.165, 1.54) is 11.0 Å². The van der Waals surface area contributed by atoms with Gasteiger partial charge in [-0.25, -0.2) is 0 Å². The Bertz CT molecular complexity index is 69.3. The maximum absolute atomic E-state index is 5.59. The highest BCUT2D eigenvalue weighted by Crippen LogP contribution is 2.24. The normalized spacial score (nSPS) is 16.1. The van der Waals surface area contributed by atoms with E-state index in [4.69, 9.17) is 10.7 Å². The monoisotopic (exact) mass is 168 g/mol. The third-order valence-electron chi connectivity index (χ3n) is 1.35. The molecule has 0 spiro atoms. The van der Waals surface area contributed by atoms with Crippen LogP contribution in [0.15, 0.2) is 0 Å². The van der Waals surface area contributed by atoms with Crippen LogP contribution in [0.4, 0.5) is 0 Å². The van der Waals surface area contributed by atoms with Crippen molar-refractivity contribution in [3.8, 4) is 0 Å². The molecule has 1 atom stereocenters. The number of hydrogen-bond acceptors (Lipinski definition) is 1. The van der Waals surface area contributed by atoms with E-state index in [9.17, 15) is 0 Å². The van der Waals surface area contributed by atoms with Gasteiger partial charge in [0, 0.05) is 4.87 Å². The van der Waals surface area contributed by atoms with Crippen LogP contribution in [0.3, 0.4) is 0 Å². The van der Waals surface area contributed by atoms with Crippen LogP contribution in [0, 0.1) is 0 Å². The van der Waals surface area contributed by atoms with Crippen LogP contribution >= 0.6 is 21.7 Å². The van der Waals surface area contributed by atoms with Gasteiger partial charge in [-0.3, -0.25) is 0 Å². The second-order valence-electron chi connectivity index (χ2n) is 3.10. The lowest BCUT2D eigenvalue weighted by Crippen LogP contribution is -2.32. The van der Waals surface area contributed by atoms with Gasteiger partial charge in [-0.2, -0.15) is 0 Å². The first kappa shape index (κ1) is 8.86. The van der Waals surface area contributed by atoms with Crippen LogP contribution in [0.5, 0.6) is 0 Å². The molecular weight excluding hydrogens is 156 g/mol. The minimum Gasteiger partial charge on any atom is -0.0686 e. The SMILES string of the molecule is CC(SCl)[Si](C)(C)C. The fraction of sp³-hybridized carbons (Fsp3) is 1.00. The predicted octanol–water partition coefficient (Wildman–Crippen LogP) is 3.14. The van der Waals surface area contributed by atoms with Crippen molar-refractivity contribution in [2.75, 3.05) is 0 Å². The second-order valence-corrected chi connectivity index (χ2v) is 10.5. The molecule has 0 radical (unpaired) electrons. The van der Waals surface area contributed by atoms with Gasteiger partial charge in [0.2, 0.25) is 0 Å². The first-order valence-electron chi connectivity index (χ1n) is 2.76. The molecule has 8 heavy (non-hydrogen) atoms. The van der Waals surface area contributed by atoms with E-state index in [2.05, 4.69) is 26.6 Å². The maximum Gasteiger partial charge on any atom is 0.0599 e. The predicted molar refractivity (Wildman–Crippen MR) is 46.3 cm³/mol. The van der Waals surface area contributed by atoms with Crippen LogP contribution in [0.1, 0.15) is 6.92 Å². The van der Waals surface area contributed by atoms with Gasteiger partial charge in [-0.1, -0.05) is 37.5 Å². The highest BCUT2D eigenvalue weighted by molar-refractivity contribution is 8.22. The Labute approximate surface area is 61.5 Å². The summed E-state index contributed by atoms with van der Waals surface area (Å²) in [4.78, 5) is 0.671. The Morgan fingerprint density at radius 1 is 1.38 bits per heavy atom. The van der Waals surface area contributed by atoms with Gasteiger partial charge in [0.25, 0.3) is 0 Å². The molecule has 0 rings (SSSR count). The first-order chi connectivity index (χ1) is 3.48. The smallest absolute Gasteiger partial charge is 0.0599 e. The zero-order chi connectivity index (χ0) is 6.78. The van der Waals surface area contributed by atoms with Gasteiger partial charge in [0.15, 0.2) is 0 Å². The molecule has 3 heteroatoms. The Morgan fingerprint density at radius 2 is 1.75 bits per heavy atom. The van der Waals surface area contributed by atoms with Gasteiger partial charge in [-0.15, -0.1) is 0 Å². The molecule has 0 aliphatic carbocycles. The summed E-state index contributed by atoms with van der Waals surface area (Å²) < 4.78 is 0. The highest BCUT2D eigenvalue weighted by Gasteiger charge is 2.21. The zero-order valence-electron chi connectivity index (χ0n) is 5.86. The standard InChI is InChI=1S/C5H13ClSSi/c1-5(7-6)8(2,3)4/h5H,1-4H3. The Kier molecular flexibility index (Phi) is 3.47. The summed E-state index contributed by atoms with van der Waals surface area (Å²) in [5.41, 5.74) is 0. The fourth-order valence-electron chi connectivity index (χ4n) is 0.134. The molecule has 0 saturated carbocycles. The molecule has 0 fully saturated rings. The van der Waals surface area contributed by atoms with Gasteiger partial charge in [0.1, 0.15) is 0 Å². The van der Waals surface area contributed by atoms with Gasteiger partial charge >= 0.3 is 0 Å². The molecule has 0 aromatic rings. The molecule has 1 unspecified atom stereocenters. The van der Waals surface area contributed by atoms with Crippen LogP contribution in [-0.4, -0.2) is 12.9 Å². The summed E-state index contributed by atoms with van der Waals surface area (Å²) >= 11 is 0. The maximum atomic E-state index is 5.59. The van der Waals surface area contributed by atoms with Crippen LogP contribution in [-0.2, 0) is 0 Å². The Balaban J connectivity index is 3.62. The summed E-state index contributed by atoms with van der Waals surface area (Å²) in [6, 6.07) is 0. The average Bonchev–Trinajstić information content (AvgIpc) is 1.62. The van der Waals surface area contributed by atoms with Crippen molar-refractivity contribution in [2.24, 2.45) is 0 Å². The van der Waals surface area contributed by atoms with Crippen molar-refractivity contribution in [2.45, 2.75) is 31.4 Å². The van der Waals surface area contributed by atoms with Crippen molar-refractivity contribution in [1.82, 2.24) is 0 Å². The zero-order valence-corrected chi connectivity index (χ0v) is 8.44. The van der Waals surface area contributed by atoms with E-state index in [1.807, 2.05) is 0 Å². The summed E-state index contributed by atoms with van der Waals surface area (Å²) in [5, 5.41) is 0. The number of halogens is 1. The molecule has 0 nitrogen and oxygen atoms in total. The third kappa shape index (κ3) is 3.00. The topological polar surface area (TPSA) is 0 Å². The summed E-state index contributed by atoms with van der Waals surface area (Å²) in [7, 11) is 6.12. The van der Waals surface area contributed by atoms with Gasteiger partial charge < -0.3 is 0 Å². The average molecular weight is 169 g/mol. The molecule has 0 amide bonds. The number of hydrogen-bond donors (Lipinski definition) is 0. The van der Waals surface area contributed by atoms with Gasteiger partial charge in [0.05, 0.1) is 8.07 Å². The number of rotatable bonds is 2. The Morgan fingerprint density at radius 3 is 1.75 bits per heavy atom. The van der Waals surface area contributed by atoms with Crippen molar-refractivity contribution in [3.63, 3.8) is 0 Å². The fourth-order valence-corrected chi connectivity index (χ4v) is 3.61. The second kappa shape index (κ2) is 3.13. The van der Waals surface area contributed by atoms with E-state index in [0.717, 1.165) is 0 Å². The molecule has 0 aromatic carbocycles. The minimum atomic E-state index is -0.930. The van der Waals surface area contributed by atoms with Gasteiger partial charge in [-0.05, 0) is 10.7 Å². The lowest BCUT2D eigenvalue weighted by Gasteiger charge is -2.20. The molecule has 0 heterocycles. The highest BCUT2D eigenvalue weighted by atomic mass is 35.7. The van der Waals surface area contributed by atoms with E-state index in [-0.39, 0.29) is 0 Å². The van der Waals surface area contributed by atoms with E-state index >= 15 is 0 Å². The molecule has 0 aliphatic rings. The van der Waals surface area contributed by atoms with E-state index in [0.29, 0.717) is 4.87 Å². The molecule has 0 aliphatic heterocycles.